The first-order chi connectivity index (χ1) is 10.3. The first-order valence-electron chi connectivity index (χ1n) is 6.91. The number of anilines is 1. The number of benzene rings is 2. The third-order valence-electron chi connectivity index (χ3n) is 3.29. The van der Waals surface area contributed by atoms with Gasteiger partial charge in [-0.25, -0.2) is 0 Å². The van der Waals surface area contributed by atoms with Gasteiger partial charge in [0.25, 0.3) is 0 Å². The summed E-state index contributed by atoms with van der Waals surface area (Å²) in [5, 5.41) is 7.40. The number of nitrogen functional groups attached to an aromatic ring is 1. The summed E-state index contributed by atoms with van der Waals surface area (Å²) in [5.41, 5.74) is 10.5. The second kappa shape index (κ2) is 5.71. The number of nitrogens with one attached hydrogen (secondary N) is 1. The van der Waals surface area contributed by atoms with Crippen LogP contribution in [0.4, 0.5) is 5.69 Å². The Balaban J connectivity index is 1.89. The van der Waals surface area contributed by atoms with Crippen molar-refractivity contribution in [2.45, 2.75) is 6.92 Å². The van der Waals surface area contributed by atoms with Crippen molar-refractivity contribution in [1.82, 2.24) is 10.2 Å². The second-order valence-electron chi connectivity index (χ2n) is 4.71. The number of nitrogens with zero attached hydrogens (tertiary/aromatic N) is 1. The van der Waals surface area contributed by atoms with E-state index in [9.17, 15) is 0 Å². The van der Waals surface area contributed by atoms with Crippen molar-refractivity contribution in [3.63, 3.8) is 0 Å². The van der Waals surface area contributed by atoms with E-state index in [4.69, 9.17) is 10.5 Å². The van der Waals surface area contributed by atoms with Gasteiger partial charge in [0.1, 0.15) is 5.75 Å². The third kappa shape index (κ3) is 2.74. The van der Waals surface area contributed by atoms with Crippen LogP contribution < -0.4 is 10.5 Å². The number of rotatable bonds is 4. The van der Waals surface area contributed by atoms with Crippen LogP contribution in [0.25, 0.3) is 22.5 Å². The zero-order valence-electron chi connectivity index (χ0n) is 11.8. The molecule has 0 amide bonds. The summed E-state index contributed by atoms with van der Waals surface area (Å²) in [6.45, 7) is 2.64. The van der Waals surface area contributed by atoms with Gasteiger partial charge in [-0.15, -0.1) is 0 Å². The Morgan fingerprint density at radius 3 is 2.57 bits per heavy atom. The average molecular weight is 279 g/mol. The zero-order chi connectivity index (χ0) is 14.7. The number of aromatic amines is 1. The minimum Gasteiger partial charge on any atom is -0.494 e. The number of para-hydroxylation sites is 1. The smallest absolute Gasteiger partial charge is 0.119 e. The Kier molecular flexibility index (Phi) is 3.60. The lowest BCUT2D eigenvalue weighted by atomic mass is 10.1. The van der Waals surface area contributed by atoms with Gasteiger partial charge in [-0.05, 0) is 43.3 Å². The van der Waals surface area contributed by atoms with Gasteiger partial charge < -0.3 is 10.5 Å². The van der Waals surface area contributed by atoms with Crippen LogP contribution >= 0.6 is 0 Å². The molecule has 0 aliphatic heterocycles. The molecule has 0 atom stereocenters. The number of hydrogen-bond donors (Lipinski definition) is 2. The largest absolute Gasteiger partial charge is 0.494 e. The van der Waals surface area contributed by atoms with Gasteiger partial charge in [-0.1, -0.05) is 18.2 Å². The van der Waals surface area contributed by atoms with Crippen molar-refractivity contribution in [2.75, 3.05) is 12.3 Å². The van der Waals surface area contributed by atoms with E-state index >= 15 is 0 Å². The van der Waals surface area contributed by atoms with Crippen LogP contribution in [-0.2, 0) is 0 Å². The van der Waals surface area contributed by atoms with E-state index in [1.54, 1.807) is 0 Å². The number of ether oxygens (including phenoxy) is 1. The molecule has 0 bridgehead atoms. The molecule has 0 saturated heterocycles. The Bertz CT molecular complexity index is 732. The fraction of sp³-hybridized carbons (Fsp3) is 0.118. The van der Waals surface area contributed by atoms with Crippen LogP contribution in [-0.4, -0.2) is 16.8 Å². The minimum absolute atomic E-state index is 0.666. The standard InChI is InChI=1S/C17H17N3O/c1-2-21-13-9-7-12(8-10-13)16-11-17(20-19-16)14-5-3-4-6-15(14)18/h3-11H,2,18H2,1H3,(H,19,20). The van der Waals surface area contributed by atoms with Crippen molar-refractivity contribution in [1.29, 1.82) is 0 Å². The number of nitrogens with two attached hydrogens (primary N) is 1. The molecule has 2 aromatic carbocycles. The molecule has 1 heterocycles. The summed E-state index contributed by atoms with van der Waals surface area (Å²) < 4.78 is 5.44. The predicted molar refractivity (Wildman–Crippen MR) is 85.0 cm³/mol. The van der Waals surface area contributed by atoms with Crippen molar-refractivity contribution in [3.8, 4) is 28.3 Å². The molecule has 0 aliphatic rings. The lowest BCUT2D eigenvalue weighted by Gasteiger charge is -2.03. The molecular formula is C17H17N3O. The molecule has 3 aromatic rings. The molecule has 0 unspecified atom stereocenters. The van der Waals surface area contributed by atoms with Crippen LogP contribution in [0.5, 0.6) is 5.75 Å². The van der Waals surface area contributed by atoms with Gasteiger partial charge in [0.05, 0.1) is 18.0 Å². The normalized spacial score (nSPS) is 10.5. The molecule has 1 aromatic heterocycles. The van der Waals surface area contributed by atoms with E-state index in [2.05, 4.69) is 10.2 Å². The highest BCUT2D eigenvalue weighted by atomic mass is 16.5. The number of aromatic nitrogens is 2. The Hall–Kier alpha value is -2.75. The maximum atomic E-state index is 5.99. The van der Waals surface area contributed by atoms with Crippen LogP contribution in [0, 0.1) is 0 Å². The molecule has 0 saturated carbocycles. The molecule has 3 rings (SSSR count). The van der Waals surface area contributed by atoms with Gasteiger partial charge >= 0.3 is 0 Å². The topological polar surface area (TPSA) is 63.9 Å². The molecule has 3 N–H and O–H groups in total. The average Bonchev–Trinajstić information content (AvgIpc) is 2.98. The highest BCUT2D eigenvalue weighted by Crippen LogP contribution is 2.28. The summed E-state index contributed by atoms with van der Waals surface area (Å²) in [6, 6.07) is 17.6. The van der Waals surface area contributed by atoms with E-state index < -0.39 is 0 Å². The fourth-order valence-electron chi connectivity index (χ4n) is 2.24. The minimum atomic E-state index is 0.666. The van der Waals surface area contributed by atoms with E-state index in [0.29, 0.717) is 6.61 Å². The lowest BCUT2D eigenvalue weighted by Crippen LogP contribution is -1.90. The SMILES string of the molecule is CCOc1ccc(-c2cc(-c3ccccc3N)[nH]n2)cc1. The molecule has 4 nitrogen and oxygen atoms in total. The summed E-state index contributed by atoms with van der Waals surface area (Å²) in [6.07, 6.45) is 0. The molecule has 0 spiro atoms. The van der Waals surface area contributed by atoms with Gasteiger partial charge in [-0.2, -0.15) is 5.10 Å². The summed E-state index contributed by atoms with van der Waals surface area (Å²) in [4.78, 5) is 0. The van der Waals surface area contributed by atoms with Crippen molar-refractivity contribution < 1.29 is 4.74 Å². The second-order valence-corrected chi connectivity index (χ2v) is 4.71. The van der Waals surface area contributed by atoms with Gasteiger partial charge in [0.15, 0.2) is 0 Å². The Labute approximate surface area is 123 Å². The van der Waals surface area contributed by atoms with Crippen molar-refractivity contribution in [3.05, 3.63) is 54.6 Å². The highest BCUT2D eigenvalue weighted by Gasteiger charge is 2.08. The van der Waals surface area contributed by atoms with Crippen molar-refractivity contribution in [2.24, 2.45) is 0 Å². The van der Waals surface area contributed by atoms with Crippen LogP contribution in [0.1, 0.15) is 6.92 Å². The summed E-state index contributed by atoms with van der Waals surface area (Å²) in [7, 11) is 0. The maximum absolute atomic E-state index is 5.99. The monoisotopic (exact) mass is 279 g/mol. The maximum Gasteiger partial charge on any atom is 0.119 e. The first-order valence-corrected chi connectivity index (χ1v) is 6.91. The Morgan fingerprint density at radius 1 is 1.10 bits per heavy atom. The quantitative estimate of drug-likeness (QED) is 0.715. The Morgan fingerprint density at radius 2 is 1.86 bits per heavy atom. The van der Waals surface area contributed by atoms with E-state index in [0.717, 1.165) is 34.0 Å². The molecule has 21 heavy (non-hydrogen) atoms. The predicted octanol–water partition coefficient (Wildman–Crippen LogP) is 3.72. The number of H-pyrrole nitrogens is 1. The van der Waals surface area contributed by atoms with Crippen LogP contribution in [0.3, 0.4) is 0 Å². The van der Waals surface area contributed by atoms with E-state index in [-0.39, 0.29) is 0 Å². The van der Waals surface area contributed by atoms with Gasteiger partial charge in [0.2, 0.25) is 0 Å². The van der Waals surface area contributed by atoms with Crippen LogP contribution in [0.15, 0.2) is 54.6 Å². The number of hydrogen-bond acceptors (Lipinski definition) is 3. The van der Waals surface area contributed by atoms with Crippen molar-refractivity contribution >= 4 is 5.69 Å². The van der Waals surface area contributed by atoms with Crippen LogP contribution in [0.2, 0.25) is 0 Å². The lowest BCUT2D eigenvalue weighted by molar-refractivity contribution is 0.340. The van der Waals surface area contributed by atoms with Gasteiger partial charge in [0, 0.05) is 16.8 Å². The molecule has 0 aliphatic carbocycles. The molecular weight excluding hydrogens is 262 g/mol. The van der Waals surface area contributed by atoms with E-state index in [1.165, 1.54) is 0 Å². The fourth-order valence-corrected chi connectivity index (χ4v) is 2.24. The summed E-state index contributed by atoms with van der Waals surface area (Å²) >= 11 is 0. The zero-order valence-corrected chi connectivity index (χ0v) is 11.8. The first kappa shape index (κ1) is 13.2. The summed E-state index contributed by atoms with van der Waals surface area (Å²) in [5.74, 6) is 0.865. The molecule has 4 heteroatoms. The third-order valence-corrected chi connectivity index (χ3v) is 3.29. The highest BCUT2D eigenvalue weighted by molar-refractivity contribution is 5.76. The van der Waals surface area contributed by atoms with E-state index in [1.807, 2.05) is 61.5 Å². The molecule has 106 valence electrons. The molecule has 0 radical (unpaired) electrons. The van der Waals surface area contributed by atoms with Gasteiger partial charge in [-0.3, -0.25) is 5.10 Å². The molecule has 0 fully saturated rings.